The average Bonchev–Trinajstić information content (AvgIpc) is 1.63. The SMILES string of the molecule is [CH2]COC(=O)CC([CH2])=O. The Morgan fingerprint density at radius 2 is 2.00 bits per heavy atom. The van der Waals surface area contributed by atoms with Gasteiger partial charge in [0.25, 0.3) is 0 Å². The van der Waals surface area contributed by atoms with Crippen molar-refractivity contribution in [2.24, 2.45) is 0 Å². The summed E-state index contributed by atoms with van der Waals surface area (Å²) in [7, 11) is 0. The molecule has 0 rings (SSSR count). The van der Waals surface area contributed by atoms with Gasteiger partial charge in [0.05, 0.1) is 6.61 Å². The highest BCUT2D eigenvalue weighted by atomic mass is 16.5. The molecule has 0 aliphatic carbocycles. The summed E-state index contributed by atoms with van der Waals surface area (Å²) < 4.78 is 4.34. The van der Waals surface area contributed by atoms with E-state index in [1.54, 1.807) is 0 Å². The lowest BCUT2D eigenvalue weighted by atomic mass is 10.3. The van der Waals surface area contributed by atoms with Crippen molar-refractivity contribution >= 4 is 11.8 Å². The van der Waals surface area contributed by atoms with Crippen LogP contribution in [0.25, 0.3) is 0 Å². The van der Waals surface area contributed by atoms with Gasteiger partial charge in [0.15, 0.2) is 0 Å². The number of ether oxygens (including phenoxy) is 1. The first-order chi connectivity index (χ1) is 4.16. The van der Waals surface area contributed by atoms with E-state index in [1.165, 1.54) is 0 Å². The second-order valence-electron chi connectivity index (χ2n) is 1.44. The number of carbonyl (C=O) groups is 2. The monoisotopic (exact) mass is 128 g/mol. The number of rotatable bonds is 3. The van der Waals surface area contributed by atoms with Crippen molar-refractivity contribution in [1.82, 2.24) is 0 Å². The molecule has 2 radical (unpaired) electrons. The molecule has 9 heavy (non-hydrogen) atoms. The topological polar surface area (TPSA) is 43.4 Å². The van der Waals surface area contributed by atoms with E-state index in [-0.39, 0.29) is 13.0 Å². The highest BCUT2D eigenvalue weighted by Gasteiger charge is 2.03. The molecule has 0 aromatic carbocycles. The van der Waals surface area contributed by atoms with Crippen molar-refractivity contribution in [1.29, 1.82) is 0 Å². The average molecular weight is 128 g/mol. The van der Waals surface area contributed by atoms with Crippen molar-refractivity contribution in [2.45, 2.75) is 6.42 Å². The minimum absolute atomic E-state index is 0.0616. The lowest BCUT2D eigenvalue weighted by Gasteiger charge is -1.95. The molecule has 0 amide bonds. The van der Waals surface area contributed by atoms with Crippen molar-refractivity contribution in [2.75, 3.05) is 6.61 Å². The Bertz CT molecular complexity index is 117. The normalized spacial score (nSPS) is 8.67. The summed E-state index contributed by atoms with van der Waals surface area (Å²) in [5, 5.41) is 0. The van der Waals surface area contributed by atoms with Crippen LogP contribution in [0.15, 0.2) is 0 Å². The number of ketones is 1. The molecule has 0 bridgehead atoms. The first-order valence-corrected chi connectivity index (χ1v) is 2.46. The summed E-state index contributed by atoms with van der Waals surface area (Å²) >= 11 is 0. The van der Waals surface area contributed by atoms with Gasteiger partial charge in [-0.2, -0.15) is 0 Å². The minimum atomic E-state index is -0.565. The summed E-state index contributed by atoms with van der Waals surface area (Å²) in [6.07, 6.45) is -0.254. The van der Waals surface area contributed by atoms with Crippen molar-refractivity contribution in [3.8, 4) is 0 Å². The third kappa shape index (κ3) is 5.00. The molecule has 0 N–H and O–H groups in total. The van der Waals surface area contributed by atoms with Gasteiger partial charge in [-0.1, -0.05) is 0 Å². The van der Waals surface area contributed by atoms with Gasteiger partial charge in [-0.3, -0.25) is 9.59 Å². The van der Waals surface area contributed by atoms with Gasteiger partial charge in [0.2, 0.25) is 0 Å². The number of esters is 1. The zero-order chi connectivity index (χ0) is 7.28. The fourth-order valence-electron chi connectivity index (χ4n) is 0.326. The molecular formula is C6H8O3. The van der Waals surface area contributed by atoms with Crippen LogP contribution in [0.3, 0.4) is 0 Å². The number of Topliss-reactive ketones (excluding diaryl/α,β-unsaturated/α-hetero) is 1. The van der Waals surface area contributed by atoms with Crippen LogP contribution in [0.2, 0.25) is 0 Å². The summed E-state index contributed by atoms with van der Waals surface area (Å²) in [6.45, 7) is 6.32. The van der Waals surface area contributed by atoms with Gasteiger partial charge >= 0.3 is 5.97 Å². The zero-order valence-electron chi connectivity index (χ0n) is 5.05. The first kappa shape index (κ1) is 8.14. The number of hydrogen-bond donors (Lipinski definition) is 0. The minimum Gasteiger partial charge on any atom is -0.465 e. The second kappa shape index (κ2) is 4.06. The highest BCUT2D eigenvalue weighted by Crippen LogP contribution is 1.85. The molecule has 0 aromatic heterocycles. The van der Waals surface area contributed by atoms with Crippen LogP contribution in [0, 0.1) is 13.8 Å². The molecule has 0 spiro atoms. The maximum Gasteiger partial charge on any atom is 0.313 e. The van der Waals surface area contributed by atoms with Crippen molar-refractivity contribution < 1.29 is 14.3 Å². The highest BCUT2D eigenvalue weighted by molar-refractivity contribution is 5.97. The molecule has 0 unspecified atom stereocenters. The van der Waals surface area contributed by atoms with Crippen LogP contribution in [0.5, 0.6) is 0 Å². The molecule has 0 aliphatic rings. The quantitative estimate of drug-likeness (QED) is 0.401. The third-order valence-corrected chi connectivity index (χ3v) is 0.605. The van der Waals surface area contributed by atoms with E-state index in [0.29, 0.717) is 0 Å². The van der Waals surface area contributed by atoms with E-state index in [2.05, 4.69) is 18.6 Å². The maximum atomic E-state index is 10.3. The number of hydrogen-bond acceptors (Lipinski definition) is 3. The molecule has 50 valence electrons. The Morgan fingerprint density at radius 3 is 2.33 bits per heavy atom. The van der Waals surface area contributed by atoms with Gasteiger partial charge in [-0.25, -0.2) is 0 Å². The van der Waals surface area contributed by atoms with Gasteiger partial charge in [0.1, 0.15) is 12.2 Å². The zero-order valence-corrected chi connectivity index (χ0v) is 5.05. The molecule has 0 atom stereocenters. The predicted molar refractivity (Wildman–Crippen MR) is 31.3 cm³/mol. The van der Waals surface area contributed by atoms with Gasteiger partial charge < -0.3 is 4.74 Å². The third-order valence-electron chi connectivity index (χ3n) is 0.605. The molecule has 0 saturated carbocycles. The summed E-state index contributed by atoms with van der Waals surface area (Å²) in [5.74, 6) is -1.00. The predicted octanol–water partition coefficient (Wildman–Crippen LogP) is 0.157. The molecule has 0 aliphatic heterocycles. The Balaban J connectivity index is 3.39. The lowest BCUT2D eigenvalue weighted by molar-refractivity contribution is -0.144. The van der Waals surface area contributed by atoms with Gasteiger partial charge in [-0.15, -0.1) is 0 Å². The Hall–Kier alpha value is -0.860. The Morgan fingerprint density at radius 1 is 1.44 bits per heavy atom. The standard InChI is InChI=1S/C6H8O3/c1-3-9-6(8)4-5(2)7/h1-4H2. The summed E-state index contributed by atoms with van der Waals surface area (Å²) in [4.78, 5) is 20.4. The molecular weight excluding hydrogens is 120 g/mol. The smallest absolute Gasteiger partial charge is 0.313 e. The summed E-state index contributed by atoms with van der Waals surface area (Å²) in [5.41, 5.74) is 0. The molecule has 0 heterocycles. The second-order valence-corrected chi connectivity index (χ2v) is 1.44. The lowest BCUT2D eigenvalue weighted by Crippen LogP contribution is -2.08. The van der Waals surface area contributed by atoms with E-state index in [9.17, 15) is 9.59 Å². The number of carbonyl (C=O) groups excluding carboxylic acids is 2. The van der Waals surface area contributed by atoms with Crippen LogP contribution in [0.4, 0.5) is 0 Å². The molecule has 0 fully saturated rings. The fraction of sp³-hybridized carbons (Fsp3) is 0.333. The van der Waals surface area contributed by atoms with E-state index >= 15 is 0 Å². The molecule has 0 saturated heterocycles. The fourth-order valence-corrected chi connectivity index (χ4v) is 0.326. The summed E-state index contributed by atoms with van der Waals surface area (Å²) in [6, 6.07) is 0. The van der Waals surface area contributed by atoms with E-state index in [4.69, 9.17) is 0 Å². The van der Waals surface area contributed by atoms with Crippen LogP contribution in [-0.4, -0.2) is 18.4 Å². The van der Waals surface area contributed by atoms with Crippen molar-refractivity contribution in [3.63, 3.8) is 0 Å². The molecule has 3 heteroatoms. The van der Waals surface area contributed by atoms with Crippen LogP contribution in [0.1, 0.15) is 6.42 Å². The van der Waals surface area contributed by atoms with Crippen molar-refractivity contribution in [3.05, 3.63) is 13.8 Å². The van der Waals surface area contributed by atoms with E-state index in [1.807, 2.05) is 0 Å². The van der Waals surface area contributed by atoms with Crippen LogP contribution < -0.4 is 0 Å². The largest absolute Gasteiger partial charge is 0.465 e. The Kier molecular flexibility index (Phi) is 3.67. The molecule has 0 aromatic rings. The van der Waals surface area contributed by atoms with E-state index < -0.39 is 11.8 Å². The van der Waals surface area contributed by atoms with Gasteiger partial charge in [-0.05, 0) is 6.92 Å². The Labute approximate surface area is 54.0 Å². The van der Waals surface area contributed by atoms with Gasteiger partial charge in [0, 0.05) is 6.92 Å². The molecule has 3 nitrogen and oxygen atoms in total. The first-order valence-electron chi connectivity index (χ1n) is 2.46. The van der Waals surface area contributed by atoms with E-state index in [0.717, 1.165) is 0 Å². The van der Waals surface area contributed by atoms with Crippen LogP contribution >= 0.6 is 0 Å². The maximum absolute atomic E-state index is 10.3. The van der Waals surface area contributed by atoms with Crippen LogP contribution in [-0.2, 0) is 14.3 Å².